The van der Waals surface area contributed by atoms with E-state index < -0.39 is 0 Å². The second kappa shape index (κ2) is 8.23. The average molecular weight is 454 g/mol. The highest BCUT2D eigenvalue weighted by Gasteiger charge is 2.19. The molecular formula is C24H22N8O2. The van der Waals surface area contributed by atoms with Crippen LogP contribution in [-0.2, 0) is 11.8 Å². The van der Waals surface area contributed by atoms with Gasteiger partial charge < -0.3 is 9.64 Å². The molecule has 1 fully saturated rings. The third-order valence-corrected chi connectivity index (χ3v) is 6.01. The fourth-order valence-corrected chi connectivity index (χ4v) is 4.17. The molecule has 6 rings (SSSR count). The molecule has 3 aromatic heterocycles. The molecule has 1 amide bonds. The molecule has 1 aliphatic rings. The van der Waals surface area contributed by atoms with Crippen LogP contribution in [0.1, 0.15) is 10.4 Å². The van der Waals surface area contributed by atoms with Gasteiger partial charge in [0.15, 0.2) is 0 Å². The lowest BCUT2D eigenvalue weighted by Gasteiger charge is -2.26. The maximum atomic E-state index is 12.7. The minimum atomic E-state index is 0.0165. The standard InChI is InChI=1S/C24H22N8O2/c1-30-14-18(13-25-30)17-4-7-20-21(12-17)26-28-23(20)22-15-32(29-27-22)19-5-2-16(3-6-19)24(33)31-8-10-34-11-9-31/h2-7,12-15H,8-11H2,1H3,(H,26,28). The molecule has 0 aliphatic carbocycles. The van der Waals surface area contributed by atoms with Gasteiger partial charge in [-0.05, 0) is 42.0 Å². The number of ether oxygens (including phenoxy) is 1. The molecule has 170 valence electrons. The molecule has 0 bridgehead atoms. The largest absolute Gasteiger partial charge is 0.378 e. The zero-order valence-corrected chi connectivity index (χ0v) is 18.5. The van der Waals surface area contributed by atoms with Crippen LogP contribution in [0.25, 0.3) is 39.1 Å². The maximum absolute atomic E-state index is 12.7. The summed E-state index contributed by atoms with van der Waals surface area (Å²) in [6.07, 6.45) is 5.65. The molecule has 0 unspecified atom stereocenters. The van der Waals surface area contributed by atoms with Gasteiger partial charge in [-0.25, -0.2) is 4.68 Å². The molecule has 0 spiro atoms. The van der Waals surface area contributed by atoms with Crippen LogP contribution >= 0.6 is 0 Å². The van der Waals surface area contributed by atoms with Crippen LogP contribution in [-0.4, -0.2) is 72.1 Å². The number of aromatic nitrogens is 7. The van der Waals surface area contributed by atoms with E-state index in [1.54, 1.807) is 9.36 Å². The number of rotatable bonds is 4. The summed E-state index contributed by atoms with van der Waals surface area (Å²) in [5.74, 6) is 0.0165. The van der Waals surface area contributed by atoms with E-state index in [4.69, 9.17) is 4.74 Å². The molecule has 5 aromatic rings. The fourth-order valence-electron chi connectivity index (χ4n) is 4.17. The Kier molecular flexibility index (Phi) is 4.92. The molecule has 0 radical (unpaired) electrons. The summed E-state index contributed by atoms with van der Waals surface area (Å²) in [6, 6.07) is 13.5. The molecule has 1 saturated heterocycles. The van der Waals surface area contributed by atoms with Crippen molar-refractivity contribution in [3.8, 4) is 28.2 Å². The Balaban J connectivity index is 1.24. The Morgan fingerprint density at radius 2 is 1.85 bits per heavy atom. The average Bonchev–Trinajstić information content (AvgIpc) is 3.63. The second-order valence-corrected chi connectivity index (χ2v) is 8.24. The van der Waals surface area contributed by atoms with E-state index in [1.807, 2.05) is 66.9 Å². The smallest absolute Gasteiger partial charge is 0.254 e. The first kappa shape index (κ1) is 20.3. The minimum absolute atomic E-state index is 0.0165. The highest BCUT2D eigenvalue weighted by Crippen LogP contribution is 2.29. The number of carbonyl (C=O) groups is 1. The summed E-state index contributed by atoms with van der Waals surface area (Å²) in [7, 11) is 1.90. The summed E-state index contributed by atoms with van der Waals surface area (Å²) in [5, 5.41) is 21.4. The SMILES string of the molecule is Cn1cc(-c2ccc3c(-c4cn(-c5ccc(C(=O)N6CCOCC6)cc5)nn4)n[nH]c3c2)cn1. The first-order chi connectivity index (χ1) is 16.7. The van der Waals surface area contributed by atoms with Crippen LogP contribution in [0.2, 0.25) is 0 Å². The van der Waals surface area contributed by atoms with E-state index >= 15 is 0 Å². The van der Waals surface area contributed by atoms with E-state index in [9.17, 15) is 4.79 Å². The summed E-state index contributed by atoms with van der Waals surface area (Å²) in [4.78, 5) is 14.5. The van der Waals surface area contributed by atoms with Crippen LogP contribution in [0.4, 0.5) is 0 Å². The van der Waals surface area contributed by atoms with Gasteiger partial charge >= 0.3 is 0 Å². The molecule has 0 saturated carbocycles. The van der Waals surface area contributed by atoms with Crippen molar-refractivity contribution in [1.29, 1.82) is 0 Å². The number of morpholine rings is 1. The van der Waals surface area contributed by atoms with Gasteiger partial charge in [-0.3, -0.25) is 14.6 Å². The van der Waals surface area contributed by atoms with Gasteiger partial charge in [-0.15, -0.1) is 5.10 Å². The van der Waals surface area contributed by atoms with E-state index in [-0.39, 0.29) is 5.91 Å². The number of carbonyl (C=O) groups excluding carboxylic acids is 1. The molecule has 10 nitrogen and oxygen atoms in total. The van der Waals surface area contributed by atoms with Gasteiger partial charge in [0.05, 0.1) is 36.8 Å². The van der Waals surface area contributed by atoms with Gasteiger partial charge in [0, 0.05) is 42.8 Å². The number of fused-ring (bicyclic) bond motifs is 1. The van der Waals surface area contributed by atoms with Crippen molar-refractivity contribution in [2.45, 2.75) is 0 Å². The van der Waals surface area contributed by atoms with Gasteiger partial charge in [0.1, 0.15) is 11.4 Å². The number of nitrogens with zero attached hydrogens (tertiary/aromatic N) is 7. The first-order valence-corrected chi connectivity index (χ1v) is 11.0. The van der Waals surface area contributed by atoms with Crippen molar-refractivity contribution in [1.82, 2.24) is 39.9 Å². The highest BCUT2D eigenvalue weighted by molar-refractivity contribution is 5.95. The monoisotopic (exact) mass is 454 g/mol. The van der Waals surface area contributed by atoms with Gasteiger partial charge in [-0.2, -0.15) is 10.2 Å². The Labute approximate surface area is 194 Å². The number of H-pyrrole nitrogens is 1. The lowest BCUT2D eigenvalue weighted by Crippen LogP contribution is -2.40. The molecular weight excluding hydrogens is 432 g/mol. The quantitative estimate of drug-likeness (QED) is 0.448. The number of benzene rings is 2. The lowest BCUT2D eigenvalue weighted by molar-refractivity contribution is 0.0303. The Morgan fingerprint density at radius 3 is 2.62 bits per heavy atom. The highest BCUT2D eigenvalue weighted by atomic mass is 16.5. The zero-order chi connectivity index (χ0) is 23.1. The third kappa shape index (κ3) is 3.63. The second-order valence-electron chi connectivity index (χ2n) is 8.24. The molecule has 0 atom stereocenters. The Bertz CT molecular complexity index is 1470. The van der Waals surface area contributed by atoms with Crippen LogP contribution in [0.3, 0.4) is 0 Å². The molecule has 1 N–H and O–H groups in total. The van der Waals surface area contributed by atoms with Crippen LogP contribution in [0.5, 0.6) is 0 Å². The predicted molar refractivity (Wildman–Crippen MR) is 125 cm³/mol. The summed E-state index contributed by atoms with van der Waals surface area (Å²) < 4.78 is 8.79. The lowest BCUT2D eigenvalue weighted by atomic mass is 10.1. The van der Waals surface area contributed by atoms with Crippen molar-refractivity contribution >= 4 is 16.8 Å². The van der Waals surface area contributed by atoms with Crippen molar-refractivity contribution in [3.05, 3.63) is 66.6 Å². The van der Waals surface area contributed by atoms with Crippen molar-refractivity contribution in [3.63, 3.8) is 0 Å². The first-order valence-electron chi connectivity index (χ1n) is 11.0. The molecule has 1 aliphatic heterocycles. The minimum Gasteiger partial charge on any atom is -0.378 e. The molecule has 34 heavy (non-hydrogen) atoms. The number of aryl methyl sites for hydroxylation is 1. The van der Waals surface area contributed by atoms with Crippen molar-refractivity contribution in [2.24, 2.45) is 7.05 Å². The maximum Gasteiger partial charge on any atom is 0.254 e. The van der Waals surface area contributed by atoms with Gasteiger partial charge in [0.2, 0.25) is 0 Å². The number of nitrogens with one attached hydrogen (secondary N) is 1. The fraction of sp³-hybridized carbons (Fsp3) is 0.208. The Morgan fingerprint density at radius 1 is 1.03 bits per heavy atom. The zero-order valence-electron chi connectivity index (χ0n) is 18.5. The summed E-state index contributed by atoms with van der Waals surface area (Å²) in [5.41, 5.74) is 5.88. The van der Waals surface area contributed by atoms with E-state index in [2.05, 4.69) is 31.7 Å². The topological polar surface area (TPSA) is 107 Å². The van der Waals surface area contributed by atoms with Gasteiger partial charge in [0.25, 0.3) is 5.91 Å². The third-order valence-electron chi connectivity index (χ3n) is 6.01. The van der Waals surface area contributed by atoms with Crippen molar-refractivity contribution in [2.75, 3.05) is 26.3 Å². The van der Waals surface area contributed by atoms with Gasteiger partial charge in [-0.1, -0.05) is 11.3 Å². The van der Waals surface area contributed by atoms with E-state index in [1.165, 1.54) is 0 Å². The summed E-state index contributed by atoms with van der Waals surface area (Å²) in [6.45, 7) is 2.40. The number of hydrogen-bond acceptors (Lipinski definition) is 6. The molecule has 2 aromatic carbocycles. The number of hydrogen-bond donors (Lipinski definition) is 1. The normalized spacial score (nSPS) is 14.1. The predicted octanol–water partition coefficient (Wildman–Crippen LogP) is 2.68. The van der Waals surface area contributed by atoms with E-state index in [0.29, 0.717) is 37.6 Å². The van der Waals surface area contributed by atoms with E-state index in [0.717, 1.165) is 33.4 Å². The molecule has 4 heterocycles. The van der Waals surface area contributed by atoms with Crippen LogP contribution in [0, 0.1) is 0 Å². The number of amides is 1. The molecule has 10 heteroatoms. The van der Waals surface area contributed by atoms with Crippen LogP contribution < -0.4 is 0 Å². The van der Waals surface area contributed by atoms with Crippen LogP contribution in [0.15, 0.2) is 61.1 Å². The summed E-state index contributed by atoms with van der Waals surface area (Å²) >= 11 is 0. The van der Waals surface area contributed by atoms with Crippen molar-refractivity contribution < 1.29 is 9.53 Å². The Hall–Kier alpha value is -4.31. The number of aromatic amines is 1.